The van der Waals surface area contributed by atoms with Crippen LogP contribution in [0.5, 0.6) is 0 Å². The van der Waals surface area contributed by atoms with E-state index in [2.05, 4.69) is 0 Å². The van der Waals surface area contributed by atoms with E-state index in [1.54, 1.807) is 7.11 Å². The predicted octanol–water partition coefficient (Wildman–Crippen LogP) is 0.650. The normalized spacial score (nSPS) is 41.2. The Kier molecular flexibility index (Phi) is 3.51. The molecular formula is C11H20O5. The summed E-state index contributed by atoms with van der Waals surface area (Å²) in [6.07, 6.45) is 0.792. The monoisotopic (exact) mass is 232 g/mol. The Morgan fingerprint density at radius 1 is 1.25 bits per heavy atom. The first-order valence-electron chi connectivity index (χ1n) is 5.72. The van der Waals surface area contributed by atoms with Crippen molar-refractivity contribution in [2.45, 2.75) is 57.1 Å². The molecule has 0 radical (unpaired) electrons. The molecule has 1 unspecified atom stereocenters. The van der Waals surface area contributed by atoms with Crippen LogP contribution in [0.2, 0.25) is 0 Å². The molecule has 0 aromatic carbocycles. The third-order valence-corrected chi connectivity index (χ3v) is 2.99. The molecule has 0 aromatic heterocycles. The zero-order valence-corrected chi connectivity index (χ0v) is 10.0. The van der Waals surface area contributed by atoms with Gasteiger partial charge in [-0.25, -0.2) is 0 Å². The van der Waals surface area contributed by atoms with Crippen molar-refractivity contribution in [3.63, 3.8) is 0 Å². The molecule has 5 nitrogen and oxygen atoms in total. The molecule has 2 rings (SSSR count). The number of rotatable bonds is 4. The number of aliphatic hydroxyl groups is 1. The van der Waals surface area contributed by atoms with Gasteiger partial charge >= 0.3 is 0 Å². The largest absolute Gasteiger partial charge is 0.396 e. The van der Waals surface area contributed by atoms with E-state index in [9.17, 15) is 0 Å². The Bertz CT molecular complexity index is 243. The third-order valence-electron chi connectivity index (χ3n) is 2.99. The maximum absolute atomic E-state index is 8.83. The van der Waals surface area contributed by atoms with Gasteiger partial charge in [-0.2, -0.15) is 0 Å². The number of aliphatic hydroxyl groups excluding tert-OH is 1. The molecule has 1 N–H and O–H groups in total. The van der Waals surface area contributed by atoms with Gasteiger partial charge in [0, 0.05) is 13.7 Å². The smallest absolute Gasteiger partial charge is 0.186 e. The van der Waals surface area contributed by atoms with Gasteiger partial charge in [0.15, 0.2) is 12.1 Å². The molecule has 2 aliphatic rings. The fourth-order valence-electron chi connectivity index (χ4n) is 2.36. The van der Waals surface area contributed by atoms with Gasteiger partial charge in [-0.15, -0.1) is 0 Å². The van der Waals surface area contributed by atoms with Crippen LogP contribution in [-0.4, -0.2) is 49.2 Å². The van der Waals surface area contributed by atoms with Crippen molar-refractivity contribution >= 4 is 0 Å². The fourth-order valence-corrected chi connectivity index (χ4v) is 2.36. The van der Waals surface area contributed by atoms with E-state index in [-0.39, 0.29) is 31.2 Å². The summed E-state index contributed by atoms with van der Waals surface area (Å²) in [6, 6.07) is 0. The second kappa shape index (κ2) is 4.58. The first-order chi connectivity index (χ1) is 7.57. The van der Waals surface area contributed by atoms with E-state index in [0.29, 0.717) is 6.42 Å². The van der Waals surface area contributed by atoms with E-state index < -0.39 is 5.79 Å². The van der Waals surface area contributed by atoms with Gasteiger partial charge in [0.25, 0.3) is 0 Å². The highest BCUT2D eigenvalue weighted by Gasteiger charge is 2.55. The Morgan fingerprint density at radius 3 is 2.56 bits per heavy atom. The third kappa shape index (κ3) is 2.24. The Morgan fingerprint density at radius 2 is 1.94 bits per heavy atom. The quantitative estimate of drug-likeness (QED) is 0.771. The highest BCUT2D eigenvalue weighted by molar-refractivity contribution is 4.94. The summed E-state index contributed by atoms with van der Waals surface area (Å²) in [5, 5.41) is 8.83. The molecule has 16 heavy (non-hydrogen) atoms. The Labute approximate surface area is 95.6 Å². The SMILES string of the molecule is COC1O[C@H](CCCO)[C@H]2OC(C)(C)O[C@@H]12. The average Bonchev–Trinajstić information content (AvgIpc) is 2.69. The van der Waals surface area contributed by atoms with Gasteiger partial charge in [0.05, 0.1) is 6.10 Å². The molecule has 2 saturated heterocycles. The van der Waals surface area contributed by atoms with Crippen molar-refractivity contribution in [1.82, 2.24) is 0 Å². The molecule has 4 atom stereocenters. The molecule has 5 heteroatoms. The zero-order chi connectivity index (χ0) is 11.8. The Hall–Kier alpha value is -0.200. The number of fused-ring (bicyclic) bond motifs is 1. The average molecular weight is 232 g/mol. The number of hydrogen-bond acceptors (Lipinski definition) is 5. The van der Waals surface area contributed by atoms with Crippen molar-refractivity contribution in [2.24, 2.45) is 0 Å². The first kappa shape index (κ1) is 12.3. The van der Waals surface area contributed by atoms with Gasteiger partial charge in [-0.1, -0.05) is 0 Å². The van der Waals surface area contributed by atoms with Crippen molar-refractivity contribution in [1.29, 1.82) is 0 Å². The second-order valence-corrected chi connectivity index (χ2v) is 4.71. The summed E-state index contributed by atoms with van der Waals surface area (Å²) in [5.74, 6) is -0.576. The standard InChI is InChI=1S/C11H20O5/c1-11(2)15-8-7(5-4-6-12)14-10(13-3)9(8)16-11/h7-10,12H,4-6H2,1-3H3/t7-,8-,9-,10?/m1/s1. The summed E-state index contributed by atoms with van der Waals surface area (Å²) in [7, 11) is 1.60. The predicted molar refractivity (Wildman–Crippen MR) is 55.8 cm³/mol. The zero-order valence-electron chi connectivity index (χ0n) is 10.0. The lowest BCUT2D eigenvalue weighted by Crippen LogP contribution is -2.30. The molecule has 0 saturated carbocycles. The number of methoxy groups -OCH3 is 1. The summed E-state index contributed by atoms with van der Waals surface area (Å²) in [5.41, 5.74) is 0. The lowest BCUT2D eigenvalue weighted by Gasteiger charge is -2.23. The van der Waals surface area contributed by atoms with Crippen LogP contribution in [0, 0.1) is 0 Å². The van der Waals surface area contributed by atoms with E-state index in [1.807, 2.05) is 13.8 Å². The lowest BCUT2D eigenvalue weighted by atomic mass is 10.1. The van der Waals surface area contributed by atoms with E-state index >= 15 is 0 Å². The van der Waals surface area contributed by atoms with Crippen LogP contribution in [0.15, 0.2) is 0 Å². The van der Waals surface area contributed by atoms with E-state index in [4.69, 9.17) is 24.1 Å². The number of ether oxygens (including phenoxy) is 4. The molecular weight excluding hydrogens is 212 g/mol. The van der Waals surface area contributed by atoms with Crippen molar-refractivity contribution in [2.75, 3.05) is 13.7 Å². The Balaban J connectivity index is 2.02. The molecule has 0 spiro atoms. The minimum atomic E-state index is -0.576. The van der Waals surface area contributed by atoms with Gasteiger partial charge in [-0.3, -0.25) is 0 Å². The van der Waals surface area contributed by atoms with Crippen LogP contribution in [0.4, 0.5) is 0 Å². The molecule has 0 bridgehead atoms. The fraction of sp³-hybridized carbons (Fsp3) is 1.00. The summed E-state index contributed by atoms with van der Waals surface area (Å²) >= 11 is 0. The molecule has 0 aliphatic carbocycles. The minimum absolute atomic E-state index is 0.0520. The molecule has 2 heterocycles. The summed E-state index contributed by atoms with van der Waals surface area (Å²) < 4.78 is 22.5. The molecule has 0 aromatic rings. The lowest BCUT2D eigenvalue weighted by molar-refractivity contribution is -0.227. The van der Waals surface area contributed by atoms with Crippen LogP contribution in [0.1, 0.15) is 26.7 Å². The number of hydrogen-bond donors (Lipinski definition) is 1. The molecule has 0 amide bonds. The molecule has 2 aliphatic heterocycles. The molecule has 2 fully saturated rings. The maximum Gasteiger partial charge on any atom is 0.186 e. The summed E-state index contributed by atoms with van der Waals surface area (Å²) in [6.45, 7) is 3.95. The summed E-state index contributed by atoms with van der Waals surface area (Å²) in [4.78, 5) is 0. The highest BCUT2D eigenvalue weighted by atomic mass is 16.8. The van der Waals surface area contributed by atoms with Crippen LogP contribution in [0.25, 0.3) is 0 Å². The van der Waals surface area contributed by atoms with Gasteiger partial charge in [-0.05, 0) is 26.7 Å². The minimum Gasteiger partial charge on any atom is -0.396 e. The van der Waals surface area contributed by atoms with Crippen molar-refractivity contribution in [3.8, 4) is 0 Å². The van der Waals surface area contributed by atoms with Gasteiger partial charge in [0.1, 0.15) is 12.2 Å². The maximum atomic E-state index is 8.83. The van der Waals surface area contributed by atoms with Crippen molar-refractivity contribution < 1.29 is 24.1 Å². The van der Waals surface area contributed by atoms with Crippen LogP contribution in [0.3, 0.4) is 0 Å². The van der Waals surface area contributed by atoms with Gasteiger partial charge < -0.3 is 24.1 Å². The second-order valence-electron chi connectivity index (χ2n) is 4.71. The van der Waals surface area contributed by atoms with E-state index in [0.717, 1.165) is 6.42 Å². The highest BCUT2D eigenvalue weighted by Crippen LogP contribution is 2.40. The van der Waals surface area contributed by atoms with Crippen LogP contribution >= 0.6 is 0 Å². The van der Waals surface area contributed by atoms with Crippen LogP contribution < -0.4 is 0 Å². The van der Waals surface area contributed by atoms with E-state index in [1.165, 1.54) is 0 Å². The first-order valence-corrected chi connectivity index (χ1v) is 5.72. The van der Waals surface area contributed by atoms with Crippen molar-refractivity contribution in [3.05, 3.63) is 0 Å². The molecule has 94 valence electrons. The van der Waals surface area contributed by atoms with Gasteiger partial charge in [0.2, 0.25) is 0 Å². The topological polar surface area (TPSA) is 57.2 Å². The van der Waals surface area contributed by atoms with Crippen LogP contribution in [-0.2, 0) is 18.9 Å².